The molecule has 1 aliphatic heterocycles. The van der Waals surface area contributed by atoms with E-state index in [0.29, 0.717) is 31.3 Å². The summed E-state index contributed by atoms with van der Waals surface area (Å²) in [4.78, 5) is 14.0. The number of hydrogen-bond donors (Lipinski definition) is 0. The maximum absolute atomic E-state index is 13.2. The highest BCUT2D eigenvalue weighted by Crippen LogP contribution is 2.40. The van der Waals surface area contributed by atoms with E-state index in [-0.39, 0.29) is 5.92 Å². The Morgan fingerprint density at radius 3 is 2.27 bits per heavy atom. The first-order valence-corrected chi connectivity index (χ1v) is 8.76. The predicted molar refractivity (Wildman–Crippen MR) is 87.7 cm³/mol. The van der Waals surface area contributed by atoms with Gasteiger partial charge in [0.15, 0.2) is 0 Å². The van der Waals surface area contributed by atoms with Gasteiger partial charge in [0.25, 0.3) is 0 Å². The number of aromatic nitrogens is 5. The quantitative estimate of drug-likeness (QED) is 0.803. The Hall–Kier alpha value is -2.23. The highest BCUT2D eigenvalue weighted by atomic mass is 19.4. The van der Waals surface area contributed by atoms with Crippen molar-refractivity contribution < 1.29 is 13.2 Å². The summed E-state index contributed by atoms with van der Waals surface area (Å²) in [6.07, 6.45) is 0.581. The molecular weight excluding hydrogens is 347 g/mol. The Balaban J connectivity index is 1.41. The molecule has 2 fully saturated rings. The monoisotopic (exact) mass is 367 g/mol. The van der Waals surface area contributed by atoms with Crippen molar-refractivity contribution in [2.45, 2.75) is 31.5 Å². The summed E-state index contributed by atoms with van der Waals surface area (Å²) in [6.45, 7) is 4.34. The van der Waals surface area contributed by atoms with Gasteiger partial charge in [0, 0.05) is 44.7 Å². The number of alkyl halides is 3. The molecule has 4 rings (SSSR count). The minimum absolute atomic E-state index is 0.0823. The van der Waals surface area contributed by atoms with Crippen LogP contribution in [0.15, 0.2) is 18.5 Å². The number of hydrogen-bond acceptors (Lipinski definition) is 6. The van der Waals surface area contributed by atoms with Crippen molar-refractivity contribution in [3.63, 3.8) is 0 Å². The molecule has 0 aromatic carbocycles. The van der Waals surface area contributed by atoms with Gasteiger partial charge in [-0.05, 0) is 12.8 Å². The van der Waals surface area contributed by atoms with Crippen molar-refractivity contribution in [3.05, 3.63) is 30.0 Å². The van der Waals surface area contributed by atoms with E-state index < -0.39 is 11.9 Å². The summed E-state index contributed by atoms with van der Waals surface area (Å²) in [5, 5.41) is 8.15. The second kappa shape index (κ2) is 6.82. The molecule has 0 radical (unpaired) electrons. The lowest BCUT2D eigenvalue weighted by Crippen LogP contribution is -2.47. The fourth-order valence-electron chi connectivity index (χ4n) is 3.07. The third-order valence-corrected chi connectivity index (χ3v) is 4.74. The number of piperazine rings is 1. The molecule has 7 nitrogen and oxygen atoms in total. The van der Waals surface area contributed by atoms with Gasteiger partial charge in [-0.15, -0.1) is 0 Å². The molecule has 0 bridgehead atoms. The maximum atomic E-state index is 13.2. The van der Waals surface area contributed by atoms with Crippen LogP contribution in [0.1, 0.15) is 30.3 Å². The average molecular weight is 367 g/mol. The molecule has 2 aromatic heterocycles. The van der Waals surface area contributed by atoms with Gasteiger partial charge < -0.3 is 4.90 Å². The molecule has 10 heteroatoms. The summed E-state index contributed by atoms with van der Waals surface area (Å²) in [6, 6.07) is 1.08. The van der Waals surface area contributed by atoms with Crippen LogP contribution in [-0.2, 0) is 12.7 Å². The van der Waals surface area contributed by atoms with Crippen molar-refractivity contribution in [3.8, 4) is 0 Å². The van der Waals surface area contributed by atoms with Gasteiger partial charge in [0.1, 0.15) is 17.3 Å². The first kappa shape index (κ1) is 17.2. The van der Waals surface area contributed by atoms with E-state index in [4.69, 9.17) is 0 Å². The molecule has 3 heterocycles. The van der Waals surface area contributed by atoms with E-state index in [0.717, 1.165) is 38.5 Å². The van der Waals surface area contributed by atoms with Gasteiger partial charge in [0.05, 0.1) is 18.9 Å². The zero-order valence-electron chi connectivity index (χ0n) is 14.2. The number of rotatable bonds is 5. The summed E-state index contributed by atoms with van der Waals surface area (Å²) in [7, 11) is 0. The second-order valence-electron chi connectivity index (χ2n) is 6.70. The highest BCUT2D eigenvalue weighted by molar-refractivity contribution is 5.42. The van der Waals surface area contributed by atoms with Gasteiger partial charge in [-0.3, -0.25) is 4.90 Å². The van der Waals surface area contributed by atoms with E-state index in [1.807, 2.05) is 4.90 Å². The Bertz CT molecular complexity index is 735. The molecule has 26 heavy (non-hydrogen) atoms. The fourth-order valence-corrected chi connectivity index (χ4v) is 3.07. The largest absolute Gasteiger partial charge is 0.433 e. The zero-order chi connectivity index (χ0) is 18.1. The Morgan fingerprint density at radius 2 is 1.65 bits per heavy atom. The number of halogens is 3. The van der Waals surface area contributed by atoms with Crippen LogP contribution in [0, 0.1) is 0 Å². The third kappa shape index (κ3) is 3.95. The van der Waals surface area contributed by atoms with Crippen molar-refractivity contribution in [1.29, 1.82) is 0 Å². The first-order chi connectivity index (χ1) is 12.5. The van der Waals surface area contributed by atoms with Gasteiger partial charge in [-0.1, -0.05) is 0 Å². The molecule has 0 spiro atoms. The molecule has 0 amide bonds. The van der Waals surface area contributed by atoms with Gasteiger partial charge in [0.2, 0.25) is 0 Å². The minimum Gasteiger partial charge on any atom is -0.354 e. The van der Waals surface area contributed by atoms with Crippen molar-refractivity contribution in [2.24, 2.45) is 0 Å². The first-order valence-electron chi connectivity index (χ1n) is 8.76. The Morgan fingerprint density at radius 1 is 0.962 bits per heavy atom. The molecule has 2 aromatic rings. The van der Waals surface area contributed by atoms with E-state index >= 15 is 0 Å². The van der Waals surface area contributed by atoms with Crippen LogP contribution < -0.4 is 4.90 Å². The molecule has 2 aliphatic rings. The SMILES string of the molecule is FC(F)(F)c1cc(N2CCN(CCn3nccn3)CC2)nc(C2CC2)n1. The fraction of sp³-hybridized carbons (Fsp3) is 0.625. The standard InChI is InChI=1S/C16H20F3N7/c17-16(18,19)13-11-14(23-15(22-13)12-1-2-12)25-8-5-24(6-9-25)7-10-26-20-3-4-21-26/h3-4,11-12H,1-2,5-10H2. The number of anilines is 1. The second-order valence-corrected chi connectivity index (χ2v) is 6.70. The van der Waals surface area contributed by atoms with E-state index in [9.17, 15) is 13.2 Å². The van der Waals surface area contributed by atoms with Crippen LogP contribution in [-0.4, -0.2) is 62.6 Å². The molecule has 0 N–H and O–H groups in total. The minimum atomic E-state index is -4.44. The van der Waals surface area contributed by atoms with Crippen molar-refractivity contribution in [1.82, 2.24) is 29.9 Å². The van der Waals surface area contributed by atoms with Gasteiger partial charge >= 0.3 is 6.18 Å². The van der Waals surface area contributed by atoms with Crippen molar-refractivity contribution >= 4 is 5.82 Å². The van der Waals surface area contributed by atoms with Crippen LogP contribution in [0.3, 0.4) is 0 Å². The molecule has 1 aliphatic carbocycles. The van der Waals surface area contributed by atoms with Gasteiger partial charge in [-0.2, -0.15) is 28.2 Å². The molecule has 140 valence electrons. The van der Waals surface area contributed by atoms with Crippen LogP contribution in [0.25, 0.3) is 0 Å². The van der Waals surface area contributed by atoms with Crippen LogP contribution in [0.5, 0.6) is 0 Å². The van der Waals surface area contributed by atoms with Crippen molar-refractivity contribution in [2.75, 3.05) is 37.6 Å². The van der Waals surface area contributed by atoms with Crippen LogP contribution in [0.2, 0.25) is 0 Å². The molecule has 0 atom stereocenters. The van der Waals surface area contributed by atoms with E-state index in [1.165, 1.54) is 0 Å². The predicted octanol–water partition coefficient (Wildman–Crippen LogP) is 1.79. The highest BCUT2D eigenvalue weighted by Gasteiger charge is 2.37. The molecular formula is C16H20F3N7. The average Bonchev–Trinajstić information content (AvgIpc) is 3.35. The molecule has 0 unspecified atom stereocenters. The molecule has 1 saturated carbocycles. The van der Waals surface area contributed by atoms with Gasteiger partial charge in [-0.25, -0.2) is 9.97 Å². The number of nitrogens with zero attached hydrogens (tertiary/aromatic N) is 7. The summed E-state index contributed by atoms with van der Waals surface area (Å²) in [5.41, 5.74) is -0.836. The maximum Gasteiger partial charge on any atom is 0.433 e. The lowest BCUT2D eigenvalue weighted by Gasteiger charge is -2.35. The summed E-state index contributed by atoms with van der Waals surface area (Å²) in [5.74, 6) is 0.809. The summed E-state index contributed by atoms with van der Waals surface area (Å²) >= 11 is 0. The Kier molecular flexibility index (Phi) is 4.51. The third-order valence-electron chi connectivity index (χ3n) is 4.74. The molecule has 1 saturated heterocycles. The van der Waals surface area contributed by atoms with E-state index in [2.05, 4.69) is 25.1 Å². The van der Waals surface area contributed by atoms with E-state index in [1.54, 1.807) is 17.2 Å². The lowest BCUT2D eigenvalue weighted by molar-refractivity contribution is -0.141. The Labute approximate surface area is 148 Å². The lowest BCUT2D eigenvalue weighted by atomic mass is 10.2. The zero-order valence-corrected chi connectivity index (χ0v) is 14.2. The summed E-state index contributed by atoms with van der Waals surface area (Å²) < 4.78 is 39.5. The van der Waals surface area contributed by atoms with Crippen LogP contribution >= 0.6 is 0 Å². The normalized spacial score (nSPS) is 19.1. The smallest absolute Gasteiger partial charge is 0.354 e. The van der Waals surface area contributed by atoms with Crippen LogP contribution in [0.4, 0.5) is 19.0 Å². The topological polar surface area (TPSA) is 63.0 Å².